The average molecular weight is 194 g/mol. The van der Waals surface area contributed by atoms with Crippen molar-refractivity contribution in [3.05, 3.63) is 11.4 Å². The summed E-state index contributed by atoms with van der Waals surface area (Å²) >= 11 is 0. The Kier molecular flexibility index (Phi) is 2.48. The van der Waals surface area contributed by atoms with Crippen LogP contribution in [0.3, 0.4) is 0 Å². The summed E-state index contributed by atoms with van der Waals surface area (Å²) in [6.45, 7) is 3.81. The minimum atomic E-state index is 0.371. The molecule has 0 amide bonds. The predicted molar refractivity (Wildman–Crippen MR) is 55.5 cm³/mol. The summed E-state index contributed by atoms with van der Waals surface area (Å²) in [5.41, 5.74) is 1.68. The first-order valence-electron chi connectivity index (χ1n) is 5.45. The molecule has 0 saturated heterocycles. The van der Waals surface area contributed by atoms with Crippen LogP contribution in [0.25, 0.3) is 0 Å². The summed E-state index contributed by atoms with van der Waals surface area (Å²) in [4.78, 5) is 0. The van der Waals surface area contributed by atoms with E-state index < -0.39 is 0 Å². The Labute approximate surface area is 84.7 Å². The molecule has 0 spiro atoms. The molecule has 0 aliphatic heterocycles. The molecular weight excluding hydrogens is 176 g/mol. The minimum absolute atomic E-state index is 0.371. The Morgan fingerprint density at radius 2 is 1.86 bits per heavy atom. The predicted octanol–water partition coefficient (Wildman–Crippen LogP) is 2.71. The quantitative estimate of drug-likeness (QED) is 0.746. The smallest absolute Gasteiger partial charge is 0.159 e. The van der Waals surface area contributed by atoms with Crippen molar-refractivity contribution in [3.63, 3.8) is 0 Å². The van der Waals surface area contributed by atoms with E-state index in [1.807, 2.05) is 18.5 Å². The van der Waals surface area contributed by atoms with Gasteiger partial charge >= 0.3 is 0 Å². The Bertz CT molecular complexity index is 324. The van der Waals surface area contributed by atoms with Crippen LogP contribution in [-0.2, 0) is 0 Å². The summed E-state index contributed by atoms with van der Waals surface area (Å²) in [5, 5.41) is 14.1. The van der Waals surface area contributed by atoms with Crippen LogP contribution in [0.1, 0.15) is 49.5 Å². The van der Waals surface area contributed by atoms with E-state index in [2.05, 4.69) is 5.10 Å². The van der Waals surface area contributed by atoms with Crippen molar-refractivity contribution in [1.82, 2.24) is 9.78 Å². The first kappa shape index (κ1) is 9.56. The van der Waals surface area contributed by atoms with E-state index in [1.165, 1.54) is 32.1 Å². The van der Waals surface area contributed by atoms with Crippen LogP contribution in [0, 0.1) is 13.8 Å². The van der Waals surface area contributed by atoms with Crippen LogP contribution in [0.4, 0.5) is 0 Å². The maximum Gasteiger partial charge on any atom is 0.159 e. The molecule has 3 heteroatoms. The number of hydrogen-bond acceptors (Lipinski definition) is 2. The van der Waals surface area contributed by atoms with Gasteiger partial charge in [-0.2, -0.15) is 5.10 Å². The highest BCUT2D eigenvalue weighted by molar-refractivity contribution is 5.30. The van der Waals surface area contributed by atoms with Crippen LogP contribution in [0.2, 0.25) is 0 Å². The molecule has 1 fully saturated rings. The highest BCUT2D eigenvalue weighted by Gasteiger charge is 2.20. The van der Waals surface area contributed by atoms with Crippen LogP contribution < -0.4 is 0 Å². The normalized spacial score (nSPS) is 18.7. The first-order chi connectivity index (χ1) is 6.70. The van der Waals surface area contributed by atoms with E-state index in [-0.39, 0.29) is 0 Å². The van der Waals surface area contributed by atoms with Gasteiger partial charge in [-0.25, -0.2) is 0 Å². The van der Waals surface area contributed by atoms with E-state index in [4.69, 9.17) is 0 Å². The Hall–Kier alpha value is -0.990. The zero-order valence-corrected chi connectivity index (χ0v) is 8.95. The van der Waals surface area contributed by atoms with Crippen molar-refractivity contribution < 1.29 is 5.11 Å². The van der Waals surface area contributed by atoms with Gasteiger partial charge in [-0.3, -0.25) is 4.68 Å². The van der Waals surface area contributed by atoms with Gasteiger partial charge < -0.3 is 5.11 Å². The first-order valence-corrected chi connectivity index (χ1v) is 5.45. The Morgan fingerprint density at radius 1 is 1.21 bits per heavy atom. The molecule has 3 nitrogen and oxygen atoms in total. The fourth-order valence-corrected chi connectivity index (χ4v) is 2.34. The fraction of sp³-hybridized carbons (Fsp3) is 0.727. The molecule has 0 radical (unpaired) electrons. The van der Waals surface area contributed by atoms with Crippen LogP contribution >= 0.6 is 0 Å². The van der Waals surface area contributed by atoms with Crippen molar-refractivity contribution in [1.29, 1.82) is 0 Å². The summed E-state index contributed by atoms with van der Waals surface area (Å²) < 4.78 is 2.02. The molecule has 14 heavy (non-hydrogen) atoms. The molecule has 1 heterocycles. The molecule has 0 aromatic carbocycles. The fourth-order valence-electron chi connectivity index (χ4n) is 2.34. The van der Waals surface area contributed by atoms with Crippen molar-refractivity contribution in [2.75, 3.05) is 0 Å². The molecule has 0 unspecified atom stereocenters. The average Bonchev–Trinajstić information content (AvgIpc) is 2.47. The molecule has 1 aromatic heterocycles. The number of nitrogens with zero attached hydrogens (tertiary/aromatic N) is 2. The molecule has 1 N–H and O–H groups in total. The summed E-state index contributed by atoms with van der Waals surface area (Å²) in [7, 11) is 0. The lowest BCUT2D eigenvalue weighted by Gasteiger charge is -2.23. The Balaban J connectivity index is 2.26. The summed E-state index contributed by atoms with van der Waals surface area (Å²) in [6, 6.07) is 0.517. The second kappa shape index (κ2) is 3.64. The van der Waals surface area contributed by atoms with Gasteiger partial charge in [0.05, 0.1) is 11.7 Å². The Morgan fingerprint density at radius 3 is 2.36 bits per heavy atom. The molecule has 1 aliphatic rings. The molecule has 78 valence electrons. The van der Waals surface area contributed by atoms with Gasteiger partial charge in [-0.1, -0.05) is 19.3 Å². The van der Waals surface area contributed by atoms with Gasteiger partial charge in [-0.05, 0) is 26.7 Å². The second-order valence-corrected chi connectivity index (χ2v) is 4.26. The topological polar surface area (TPSA) is 38.0 Å². The van der Waals surface area contributed by atoms with Crippen LogP contribution in [-0.4, -0.2) is 14.9 Å². The second-order valence-electron chi connectivity index (χ2n) is 4.26. The lowest BCUT2D eigenvalue weighted by atomic mass is 9.95. The molecular formula is C11H18N2O. The zero-order valence-electron chi connectivity index (χ0n) is 8.95. The van der Waals surface area contributed by atoms with Crippen LogP contribution in [0.5, 0.6) is 5.75 Å². The van der Waals surface area contributed by atoms with Crippen molar-refractivity contribution in [3.8, 4) is 5.75 Å². The van der Waals surface area contributed by atoms with E-state index >= 15 is 0 Å². The largest absolute Gasteiger partial charge is 0.504 e. The third-order valence-corrected chi connectivity index (χ3v) is 3.21. The van der Waals surface area contributed by atoms with Gasteiger partial charge in [-0.15, -0.1) is 0 Å². The third kappa shape index (κ3) is 1.51. The highest BCUT2D eigenvalue weighted by Crippen LogP contribution is 2.31. The van der Waals surface area contributed by atoms with E-state index in [1.54, 1.807) is 0 Å². The summed E-state index contributed by atoms with van der Waals surface area (Å²) in [5.74, 6) is 0.371. The van der Waals surface area contributed by atoms with E-state index in [0.29, 0.717) is 11.8 Å². The van der Waals surface area contributed by atoms with Gasteiger partial charge in [0.25, 0.3) is 0 Å². The van der Waals surface area contributed by atoms with Gasteiger partial charge in [0.2, 0.25) is 0 Å². The van der Waals surface area contributed by atoms with Gasteiger partial charge in [0, 0.05) is 0 Å². The third-order valence-electron chi connectivity index (χ3n) is 3.21. The standard InChI is InChI=1S/C11H18N2O/c1-8-11(14)9(2)13(12-8)10-6-4-3-5-7-10/h10,14H,3-7H2,1-2H3. The van der Waals surface area contributed by atoms with Crippen molar-refractivity contribution in [2.24, 2.45) is 0 Å². The lowest BCUT2D eigenvalue weighted by Crippen LogP contribution is -2.15. The maximum atomic E-state index is 9.67. The monoisotopic (exact) mass is 194 g/mol. The number of hydrogen-bond donors (Lipinski definition) is 1. The summed E-state index contributed by atoms with van der Waals surface area (Å²) in [6.07, 6.45) is 6.36. The van der Waals surface area contributed by atoms with E-state index in [0.717, 1.165) is 11.4 Å². The zero-order chi connectivity index (χ0) is 10.1. The number of aromatic hydroxyl groups is 1. The SMILES string of the molecule is Cc1nn(C2CCCCC2)c(C)c1O. The van der Waals surface area contributed by atoms with Crippen LogP contribution in [0.15, 0.2) is 0 Å². The molecule has 1 saturated carbocycles. The molecule has 1 aromatic rings. The molecule has 0 atom stereocenters. The molecule has 2 rings (SSSR count). The van der Waals surface area contributed by atoms with Crippen molar-refractivity contribution in [2.45, 2.75) is 52.0 Å². The lowest BCUT2D eigenvalue weighted by molar-refractivity contribution is 0.322. The van der Waals surface area contributed by atoms with Gasteiger partial charge in [0.1, 0.15) is 5.69 Å². The van der Waals surface area contributed by atoms with Gasteiger partial charge in [0.15, 0.2) is 5.75 Å². The molecule has 0 bridgehead atoms. The maximum absolute atomic E-state index is 9.67. The minimum Gasteiger partial charge on any atom is -0.504 e. The number of aromatic nitrogens is 2. The van der Waals surface area contributed by atoms with Crippen molar-refractivity contribution >= 4 is 0 Å². The number of aryl methyl sites for hydroxylation is 1. The number of rotatable bonds is 1. The van der Waals surface area contributed by atoms with E-state index in [9.17, 15) is 5.11 Å². The highest BCUT2D eigenvalue weighted by atomic mass is 16.3. The molecule has 1 aliphatic carbocycles.